The Hall–Kier alpha value is -1.00. The Balaban J connectivity index is 2.43. The molecular formula is C8H9F3N2. The molecule has 1 aromatic heterocycles. The lowest BCUT2D eigenvalue weighted by Crippen LogP contribution is -2.18. The predicted molar refractivity (Wildman–Crippen MR) is 40.2 cm³/mol. The van der Waals surface area contributed by atoms with Gasteiger partial charge in [-0.15, -0.1) is 0 Å². The fraction of sp³-hybridized carbons (Fsp3) is 0.625. The first-order valence-electron chi connectivity index (χ1n) is 4.20. The summed E-state index contributed by atoms with van der Waals surface area (Å²) >= 11 is 0. The second-order valence-corrected chi connectivity index (χ2v) is 3.17. The van der Waals surface area contributed by atoms with Crippen LogP contribution in [0.25, 0.3) is 0 Å². The van der Waals surface area contributed by atoms with Crippen molar-refractivity contribution in [3.8, 4) is 0 Å². The highest BCUT2D eigenvalue weighted by Crippen LogP contribution is 2.31. The molecule has 1 aliphatic rings. The van der Waals surface area contributed by atoms with Gasteiger partial charge in [0, 0.05) is 13.0 Å². The van der Waals surface area contributed by atoms with E-state index in [9.17, 15) is 13.2 Å². The molecule has 0 aliphatic carbocycles. The molecule has 2 heterocycles. The van der Waals surface area contributed by atoms with Crippen LogP contribution < -0.4 is 0 Å². The SMILES string of the molecule is FC(F)(F)c1cnc2n1CCCC2. The van der Waals surface area contributed by atoms with Gasteiger partial charge in [-0.05, 0) is 12.8 Å². The van der Waals surface area contributed by atoms with Crippen LogP contribution in [0, 0.1) is 0 Å². The van der Waals surface area contributed by atoms with E-state index >= 15 is 0 Å². The zero-order valence-corrected chi connectivity index (χ0v) is 6.93. The zero-order chi connectivity index (χ0) is 9.47. The van der Waals surface area contributed by atoms with E-state index in [0.29, 0.717) is 18.8 Å². The van der Waals surface area contributed by atoms with E-state index in [4.69, 9.17) is 0 Å². The number of aryl methyl sites for hydroxylation is 1. The molecule has 0 radical (unpaired) electrons. The van der Waals surface area contributed by atoms with Crippen molar-refractivity contribution in [1.29, 1.82) is 0 Å². The number of imidazole rings is 1. The van der Waals surface area contributed by atoms with Crippen molar-refractivity contribution in [2.45, 2.75) is 32.0 Å². The summed E-state index contributed by atoms with van der Waals surface area (Å²) < 4.78 is 38.3. The summed E-state index contributed by atoms with van der Waals surface area (Å²) in [5.74, 6) is 0.568. The molecule has 0 aromatic carbocycles. The average molecular weight is 190 g/mol. The standard InChI is InChI=1S/C8H9F3N2/c9-8(10,11)6-5-12-7-3-1-2-4-13(6)7/h5H,1-4H2. The second kappa shape index (κ2) is 2.75. The first-order chi connectivity index (χ1) is 6.09. The van der Waals surface area contributed by atoms with Crippen LogP contribution in [-0.2, 0) is 19.1 Å². The van der Waals surface area contributed by atoms with Gasteiger partial charge < -0.3 is 4.57 Å². The van der Waals surface area contributed by atoms with Crippen molar-refractivity contribution in [3.05, 3.63) is 17.7 Å². The minimum Gasteiger partial charge on any atom is -0.324 e. The van der Waals surface area contributed by atoms with Crippen LogP contribution in [0.3, 0.4) is 0 Å². The van der Waals surface area contributed by atoms with Gasteiger partial charge in [0.1, 0.15) is 11.5 Å². The minimum atomic E-state index is -4.26. The molecule has 0 saturated heterocycles. The van der Waals surface area contributed by atoms with Gasteiger partial charge in [0.2, 0.25) is 0 Å². The van der Waals surface area contributed by atoms with Gasteiger partial charge in [0.25, 0.3) is 0 Å². The minimum absolute atomic E-state index is 0.449. The Morgan fingerprint density at radius 3 is 2.77 bits per heavy atom. The second-order valence-electron chi connectivity index (χ2n) is 3.17. The number of halogens is 3. The Kier molecular flexibility index (Phi) is 1.82. The average Bonchev–Trinajstić information content (AvgIpc) is 2.45. The van der Waals surface area contributed by atoms with Gasteiger partial charge in [-0.3, -0.25) is 0 Å². The summed E-state index contributed by atoms with van der Waals surface area (Å²) in [5.41, 5.74) is -0.609. The number of aromatic nitrogens is 2. The number of rotatable bonds is 0. The van der Waals surface area contributed by atoms with Crippen LogP contribution in [0.2, 0.25) is 0 Å². The van der Waals surface area contributed by atoms with Crippen molar-refractivity contribution in [2.75, 3.05) is 0 Å². The molecule has 2 rings (SSSR count). The highest BCUT2D eigenvalue weighted by molar-refractivity contribution is 5.10. The Morgan fingerprint density at radius 2 is 2.08 bits per heavy atom. The highest BCUT2D eigenvalue weighted by Gasteiger charge is 2.36. The van der Waals surface area contributed by atoms with E-state index in [1.54, 1.807) is 0 Å². The fourth-order valence-corrected chi connectivity index (χ4v) is 1.64. The lowest BCUT2D eigenvalue weighted by atomic mass is 10.1. The molecule has 5 heteroatoms. The number of fused-ring (bicyclic) bond motifs is 1. The molecule has 0 saturated carbocycles. The van der Waals surface area contributed by atoms with Gasteiger partial charge in [-0.25, -0.2) is 4.98 Å². The molecule has 0 amide bonds. The summed E-state index contributed by atoms with van der Waals surface area (Å²) in [6.07, 6.45) is -0.917. The topological polar surface area (TPSA) is 17.8 Å². The molecule has 0 bridgehead atoms. The van der Waals surface area contributed by atoms with Gasteiger partial charge in [0.05, 0.1) is 6.20 Å². The van der Waals surface area contributed by atoms with Gasteiger partial charge in [-0.1, -0.05) is 0 Å². The number of alkyl halides is 3. The van der Waals surface area contributed by atoms with Gasteiger partial charge in [-0.2, -0.15) is 13.2 Å². The Labute approximate surface area is 73.4 Å². The monoisotopic (exact) mass is 190 g/mol. The third kappa shape index (κ3) is 1.43. The van der Waals surface area contributed by atoms with E-state index in [2.05, 4.69) is 4.98 Å². The van der Waals surface area contributed by atoms with Gasteiger partial charge in [0.15, 0.2) is 0 Å². The molecule has 72 valence electrons. The Morgan fingerprint density at radius 1 is 1.31 bits per heavy atom. The fourth-order valence-electron chi connectivity index (χ4n) is 1.64. The van der Waals surface area contributed by atoms with Crippen LogP contribution in [0.1, 0.15) is 24.4 Å². The van der Waals surface area contributed by atoms with Crippen LogP contribution in [0.15, 0.2) is 6.20 Å². The lowest BCUT2D eigenvalue weighted by Gasteiger charge is -2.17. The summed E-state index contributed by atoms with van der Waals surface area (Å²) in [5, 5.41) is 0. The lowest BCUT2D eigenvalue weighted by molar-refractivity contribution is -0.143. The molecule has 1 aromatic rings. The van der Waals surface area contributed by atoms with E-state index in [-0.39, 0.29) is 0 Å². The molecule has 0 spiro atoms. The predicted octanol–water partition coefficient (Wildman–Crippen LogP) is 2.24. The van der Waals surface area contributed by atoms with Crippen molar-refractivity contribution in [3.63, 3.8) is 0 Å². The van der Waals surface area contributed by atoms with Crippen molar-refractivity contribution >= 4 is 0 Å². The van der Waals surface area contributed by atoms with Crippen LogP contribution in [0.4, 0.5) is 13.2 Å². The van der Waals surface area contributed by atoms with Crippen molar-refractivity contribution in [2.24, 2.45) is 0 Å². The summed E-state index contributed by atoms with van der Waals surface area (Å²) in [6.45, 7) is 0.449. The first-order valence-corrected chi connectivity index (χ1v) is 4.20. The summed E-state index contributed by atoms with van der Waals surface area (Å²) in [7, 11) is 0. The van der Waals surface area contributed by atoms with E-state index in [1.165, 1.54) is 4.57 Å². The summed E-state index contributed by atoms with van der Waals surface area (Å²) in [4.78, 5) is 3.77. The maximum atomic E-state index is 12.3. The smallest absolute Gasteiger partial charge is 0.324 e. The third-order valence-corrected chi connectivity index (χ3v) is 2.26. The maximum absolute atomic E-state index is 12.3. The molecule has 2 nitrogen and oxygen atoms in total. The molecular weight excluding hydrogens is 181 g/mol. The van der Waals surface area contributed by atoms with Crippen molar-refractivity contribution in [1.82, 2.24) is 9.55 Å². The Bertz CT molecular complexity index is 314. The number of nitrogens with zero attached hydrogens (tertiary/aromatic N) is 2. The molecule has 0 unspecified atom stereocenters. The van der Waals surface area contributed by atoms with Crippen LogP contribution >= 0.6 is 0 Å². The van der Waals surface area contributed by atoms with Gasteiger partial charge >= 0.3 is 6.18 Å². The highest BCUT2D eigenvalue weighted by atomic mass is 19.4. The molecule has 13 heavy (non-hydrogen) atoms. The normalized spacial score (nSPS) is 17.2. The summed E-state index contributed by atoms with van der Waals surface area (Å²) in [6, 6.07) is 0. The maximum Gasteiger partial charge on any atom is 0.433 e. The van der Waals surface area contributed by atoms with Crippen LogP contribution in [0.5, 0.6) is 0 Å². The molecule has 0 N–H and O–H groups in total. The van der Waals surface area contributed by atoms with E-state index < -0.39 is 11.9 Å². The number of hydrogen-bond acceptors (Lipinski definition) is 1. The largest absolute Gasteiger partial charge is 0.433 e. The number of hydrogen-bond donors (Lipinski definition) is 0. The zero-order valence-electron chi connectivity index (χ0n) is 6.93. The first kappa shape index (κ1) is 8.59. The third-order valence-electron chi connectivity index (χ3n) is 2.26. The molecule has 0 atom stereocenters. The molecule has 0 fully saturated rings. The molecule has 1 aliphatic heterocycles. The van der Waals surface area contributed by atoms with E-state index in [0.717, 1.165) is 19.0 Å². The quantitative estimate of drug-likeness (QED) is 0.613. The van der Waals surface area contributed by atoms with Crippen LogP contribution in [-0.4, -0.2) is 9.55 Å². The van der Waals surface area contributed by atoms with Crippen molar-refractivity contribution < 1.29 is 13.2 Å². The van der Waals surface area contributed by atoms with E-state index in [1.807, 2.05) is 0 Å².